The van der Waals surface area contributed by atoms with Crippen molar-refractivity contribution < 1.29 is 30.8 Å². The minimum atomic E-state index is -4.20. The van der Waals surface area contributed by atoms with Gasteiger partial charge in [-0.15, -0.1) is 0 Å². The summed E-state index contributed by atoms with van der Waals surface area (Å²) in [6, 6.07) is 10.2. The maximum absolute atomic E-state index is 13.9. The molecule has 4 rings (SSSR count). The van der Waals surface area contributed by atoms with Crippen LogP contribution in [0, 0.1) is 23.3 Å². The fraction of sp³-hybridized carbons (Fsp3) is 0.174. The number of hydrogen-bond donors (Lipinski definition) is 0. The fourth-order valence-corrected chi connectivity index (χ4v) is 5.29. The number of anilines is 1. The second-order valence-corrected chi connectivity index (χ2v) is 9.28. The topological polar surface area (TPSA) is 54.5 Å². The molecular weight excluding hydrogens is 446 g/mol. The Balaban J connectivity index is 1.69. The highest BCUT2D eigenvalue weighted by Gasteiger charge is 2.30. The van der Waals surface area contributed by atoms with Crippen LogP contribution in [0.15, 0.2) is 59.5 Å². The summed E-state index contributed by atoms with van der Waals surface area (Å²) < 4.78 is 82.1. The third-order valence-electron chi connectivity index (χ3n) is 5.31. The van der Waals surface area contributed by atoms with Crippen molar-refractivity contribution in [1.82, 2.24) is 0 Å². The van der Waals surface area contributed by atoms with Gasteiger partial charge in [-0.1, -0.05) is 18.2 Å². The molecule has 4 nitrogen and oxygen atoms in total. The molecule has 166 valence electrons. The van der Waals surface area contributed by atoms with Crippen LogP contribution >= 0.6 is 0 Å². The molecule has 0 aliphatic carbocycles. The Morgan fingerprint density at radius 1 is 0.875 bits per heavy atom. The van der Waals surface area contributed by atoms with Crippen LogP contribution in [-0.2, 0) is 22.9 Å². The molecule has 9 heteroatoms. The summed E-state index contributed by atoms with van der Waals surface area (Å²) in [6.07, 6.45) is 0.744. The predicted octanol–water partition coefficient (Wildman–Crippen LogP) is 4.81. The summed E-state index contributed by atoms with van der Waals surface area (Å²) in [5, 5.41) is 0. The number of ketones is 1. The molecule has 0 unspecified atom stereocenters. The van der Waals surface area contributed by atoms with Gasteiger partial charge in [0.25, 0.3) is 10.0 Å². The Kier molecular flexibility index (Phi) is 5.77. The number of Topliss-reactive ketones (excluding diaryl/α,β-unsaturated/α-hetero) is 1. The van der Waals surface area contributed by atoms with Crippen LogP contribution < -0.4 is 4.31 Å². The zero-order valence-electron chi connectivity index (χ0n) is 16.6. The maximum Gasteiger partial charge on any atom is 0.264 e. The van der Waals surface area contributed by atoms with Crippen molar-refractivity contribution in [2.75, 3.05) is 10.8 Å². The van der Waals surface area contributed by atoms with Gasteiger partial charge in [0.2, 0.25) is 0 Å². The molecule has 0 spiro atoms. The van der Waals surface area contributed by atoms with E-state index in [-0.39, 0.29) is 13.0 Å². The van der Waals surface area contributed by atoms with Gasteiger partial charge in [0.15, 0.2) is 17.4 Å². The molecule has 0 atom stereocenters. The van der Waals surface area contributed by atoms with E-state index in [4.69, 9.17) is 0 Å². The van der Waals surface area contributed by atoms with Gasteiger partial charge in [0.05, 0.1) is 16.1 Å². The number of carbonyl (C=O) groups excluding carboxylic acids is 1. The van der Waals surface area contributed by atoms with Crippen molar-refractivity contribution in [3.8, 4) is 0 Å². The quantitative estimate of drug-likeness (QED) is 0.403. The first-order valence-electron chi connectivity index (χ1n) is 9.75. The van der Waals surface area contributed by atoms with Crippen LogP contribution in [0.1, 0.15) is 27.9 Å². The first kappa shape index (κ1) is 22.0. The smallest absolute Gasteiger partial charge is 0.264 e. The van der Waals surface area contributed by atoms with E-state index in [1.165, 1.54) is 6.07 Å². The number of rotatable bonds is 5. The maximum atomic E-state index is 13.9. The van der Waals surface area contributed by atoms with E-state index in [2.05, 4.69) is 0 Å². The standard InChI is InChI=1S/C23H17F4NO3S/c24-17-9-8-16(13-20(17)27)32(30,31)28-10-2-3-15-7-6-14(11-21(15)28)12-22(29)23-18(25)4-1-5-19(23)26/h1,4-9,11,13H,2-3,10,12H2. The van der Waals surface area contributed by atoms with Crippen LogP contribution in [0.3, 0.4) is 0 Å². The fourth-order valence-electron chi connectivity index (χ4n) is 3.75. The van der Waals surface area contributed by atoms with Gasteiger partial charge in [-0.05, 0) is 60.4 Å². The minimum absolute atomic E-state index is 0.105. The Labute approximate surface area is 182 Å². The van der Waals surface area contributed by atoms with E-state index < -0.39 is 49.5 Å². The summed E-state index contributed by atoms with van der Waals surface area (Å²) in [5.41, 5.74) is 0.691. The number of sulfonamides is 1. The number of hydrogen-bond acceptors (Lipinski definition) is 3. The van der Waals surface area contributed by atoms with Gasteiger partial charge in [-0.3, -0.25) is 9.10 Å². The van der Waals surface area contributed by atoms with Gasteiger partial charge < -0.3 is 0 Å². The SMILES string of the molecule is O=C(Cc1ccc2c(c1)N(S(=O)(=O)c1ccc(F)c(F)c1)CCC2)c1c(F)cccc1F. The summed E-state index contributed by atoms with van der Waals surface area (Å²) in [6.45, 7) is 0.105. The molecule has 1 aliphatic heterocycles. The number of nitrogens with zero attached hydrogens (tertiary/aromatic N) is 1. The van der Waals surface area contributed by atoms with Crippen molar-refractivity contribution in [2.24, 2.45) is 0 Å². The second-order valence-electron chi connectivity index (χ2n) is 7.42. The third-order valence-corrected chi connectivity index (χ3v) is 7.12. The molecule has 0 amide bonds. The highest BCUT2D eigenvalue weighted by molar-refractivity contribution is 7.92. The van der Waals surface area contributed by atoms with E-state index in [0.29, 0.717) is 35.7 Å². The Morgan fingerprint density at radius 2 is 1.59 bits per heavy atom. The van der Waals surface area contributed by atoms with E-state index in [1.807, 2.05) is 0 Å². The van der Waals surface area contributed by atoms with Crippen molar-refractivity contribution in [3.05, 3.63) is 94.6 Å². The summed E-state index contributed by atoms with van der Waals surface area (Å²) in [7, 11) is -4.20. The van der Waals surface area contributed by atoms with Crippen LogP contribution in [0.4, 0.5) is 23.2 Å². The van der Waals surface area contributed by atoms with Crippen molar-refractivity contribution in [1.29, 1.82) is 0 Å². The molecule has 0 radical (unpaired) electrons. The Bertz CT molecular complexity index is 1300. The average molecular weight is 463 g/mol. The lowest BCUT2D eigenvalue weighted by molar-refractivity contribution is 0.0985. The van der Waals surface area contributed by atoms with Crippen molar-refractivity contribution >= 4 is 21.5 Å². The molecule has 0 bridgehead atoms. The zero-order chi connectivity index (χ0) is 23.0. The summed E-state index contributed by atoms with van der Waals surface area (Å²) in [5.74, 6) is -5.18. The van der Waals surface area contributed by atoms with Gasteiger partial charge in [-0.25, -0.2) is 26.0 Å². The van der Waals surface area contributed by atoms with Gasteiger partial charge in [0.1, 0.15) is 11.6 Å². The van der Waals surface area contributed by atoms with Crippen LogP contribution in [0.25, 0.3) is 0 Å². The minimum Gasteiger partial charge on any atom is -0.294 e. The van der Waals surface area contributed by atoms with Crippen molar-refractivity contribution in [3.63, 3.8) is 0 Å². The van der Waals surface area contributed by atoms with Gasteiger partial charge in [0, 0.05) is 13.0 Å². The van der Waals surface area contributed by atoms with Crippen LogP contribution in [0.5, 0.6) is 0 Å². The largest absolute Gasteiger partial charge is 0.294 e. The second kappa shape index (κ2) is 8.38. The molecule has 1 aliphatic rings. The van der Waals surface area contributed by atoms with Crippen LogP contribution in [-0.4, -0.2) is 20.7 Å². The number of fused-ring (bicyclic) bond motifs is 1. The molecule has 0 fully saturated rings. The number of carbonyl (C=O) groups is 1. The van der Waals surface area contributed by atoms with Gasteiger partial charge >= 0.3 is 0 Å². The monoisotopic (exact) mass is 463 g/mol. The summed E-state index contributed by atoms with van der Waals surface area (Å²) in [4.78, 5) is 12.1. The first-order valence-corrected chi connectivity index (χ1v) is 11.2. The van der Waals surface area contributed by atoms with E-state index >= 15 is 0 Å². The Morgan fingerprint density at radius 3 is 2.28 bits per heavy atom. The first-order chi connectivity index (χ1) is 15.2. The zero-order valence-corrected chi connectivity index (χ0v) is 17.4. The average Bonchev–Trinajstić information content (AvgIpc) is 2.75. The summed E-state index contributed by atoms with van der Waals surface area (Å²) >= 11 is 0. The third kappa shape index (κ3) is 4.00. The highest BCUT2D eigenvalue weighted by Crippen LogP contribution is 2.33. The number of aryl methyl sites for hydroxylation is 1. The lowest BCUT2D eigenvalue weighted by Crippen LogP contribution is -2.35. The molecule has 0 saturated heterocycles. The molecule has 0 aromatic heterocycles. The van der Waals surface area contributed by atoms with Gasteiger partial charge in [-0.2, -0.15) is 0 Å². The molecule has 0 saturated carbocycles. The number of benzene rings is 3. The normalized spacial score (nSPS) is 13.7. The number of halogens is 4. The van der Waals surface area contributed by atoms with Crippen LogP contribution in [0.2, 0.25) is 0 Å². The molecule has 1 heterocycles. The van der Waals surface area contributed by atoms with E-state index in [1.54, 1.807) is 12.1 Å². The highest BCUT2D eigenvalue weighted by atomic mass is 32.2. The van der Waals surface area contributed by atoms with Crippen molar-refractivity contribution in [2.45, 2.75) is 24.2 Å². The van der Waals surface area contributed by atoms with E-state index in [9.17, 15) is 30.8 Å². The molecule has 3 aromatic carbocycles. The molecule has 0 N–H and O–H groups in total. The molecule has 32 heavy (non-hydrogen) atoms. The predicted molar refractivity (Wildman–Crippen MR) is 110 cm³/mol. The Hall–Kier alpha value is -3.20. The lowest BCUT2D eigenvalue weighted by atomic mass is 9.97. The molecule has 3 aromatic rings. The molecular formula is C23H17F4NO3S. The lowest BCUT2D eigenvalue weighted by Gasteiger charge is -2.31. The van der Waals surface area contributed by atoms with E-state index in [0.717, 1.165) is 34.6 Å².